The number of allylic oxidation sites excluding steroid dienone is 5. The smallest absolute Gasteiger partial charge is 0.306 e. The number of carboxylic acids is 1. The molecule has 1 unspecified atom stereocenters. The van der Waals surface area contributed by atoms with Gasteiger partial charge in [0.1, 0.15) is 6.10 Å². The highest BCUT2D eigenvalue weighted by atomic mass is 16.5. The zero-order valence-corrected chi connectivity index (χ0v) is 27.8. The van der Waals surface area contributed by atoms with Gasteiger partial charge in [-0.3, -0.25) is 9.59 Å². The van der Waals surface area contributed by atoms with Crippen LogP contribution in [0.2, 0.25) is 0 Å². The molecule has 42 heavy (non-hydrogen) atoms. The van der Waals surface area contributed by atoms with Gasteiger partial charge in [0, 0.05) is 12.8 Å². The minimum Gasteiger partial charge on any atom is -0.481 e. The molecular formula is C38H68O4. The number of aliphatic carboxylic acids is 1. The van der Waals surface area contributed by atoms with Crippen LogP contribution in [0.4, 0.5) is 0 Å². The molecule has 0 radical (unpaired) electrons. The molecule has 1 N–H and O–H groups in total. The molecule has 0 rings (SSSR count). The molecule has 0 heterocycles. The van der Waals surface area contributed by atoms with Crippen LogP contribution < -0.4 is 0 Å². The zero-order valence-electron chi connectivity index (χ0n) is 27.8. The van der Waals surface area contributed by atoms with Crippen LogP contribution in [0.25, 0.3) is 0 Å². The molecule has 0 saturated carbocycles. The van der Waals surface area contributed by atoms with Crippen molar-refractivity contribution in [2.45, 2.75) is 193 Å². The quantitative estimate of drug-likeness (QED) is 0.0482. The first-order chi connectivity index (χ1) is 20.6. The Morgan fingerprint density at radius 1 is 0.548 bits per heavy atom. The summed E-state index contributed by atoms with van der Waals surface area (Å²) in [5.74, 6) is -0.796. The van der Waals surface area contributed by atoms with Crippen molar-refractivity contribution in [2.75, 3.05) is 0 Å². The normalized spacial score (nSPS) is 12.6. The van der Waals surface area contributed by atoms with E-state index in [-0.39, 0.29) is 18.5 Å². The van der Waals surface area contributed by atoms with E-state index in [1.54, 1.807) is 0 Å². The van der Waals surface area contributed by atoms with Crippen LogP contribution in [-0.2, 0) is 14.3 Å². The minimum absolute atomic E-state index is 0.0726. The molecule has 0 saturated heterocycles. The summed E-state index contributed by atoms with van der Waals surface area (Å²) in [4.78, 5) is 23.2. The van der Waals surface area contributed by atoms with Crippen molar-refractivity contribution in [3.8, 4) is 0 Å². The van der Waals surface area contributed by atoms with E-state index in [1.807, 2.05) is 0 Å². The Hall–Kier alpha value is -1.84. The van der Waals surface area contributed by atoms with Gasteiger partial charge in [-0.15, -0.1) is 0 Å². The molecule has 244 valence electrons. The number of hydrogen-bond acceptors (Lipinski definition) is 3. The van der Waals surface area contributed by atoms with Gasteiger partial charge in [0.2, 0.25) is 0 Å². The first-order valence-electron chi connectivity index (χ1n) is 18.0. The third kappa shape index (κ3) is 32.7. The van der Waals surface area contributed by atoms with E-state index in [2.05, 4.69) is 50.3 Å². The van der Waals surface area contributed by atoms with Crippen LogP contribution in [0.5, 0.6) is 0 Å². The van der Waals surface area contributed by atoms with E-state index < -0.39 is 5.97 Å². The van der Waals surface area contributed by atoms with Crippen molar-refractivity contribution in [3.05, 3.63) is 36.5 Å². The van der Waals surface area contributed by atoms with Crippen LogP contribution in [0.15, 0.2) is 36.5 Å². The van der Waals surface area contributed by atoms with Crippen molar-refractivity contribution in [1.82, 2.24) is 0 Å². The van der Waals surface area contributed by atoms with Gasteiger partial charge in [-0.1, -0.05) is 134 Å². The average Bonchev–Trinajstić information content (AvgIpc) is 2.97. The molecule has 4 heteroatoms. The maximum atomic E-state index is 12.5. The van der Waals surface area contributed by atoms with Gasteiger partial charge in [-0.2, -0.15) is 0 Å². The Morgan fingerprint density at radius 3 is 1.57 bits per heavy atom. The van der Waals surface area contributed by atoms with Gasteiger partial charge in [-0.25, -0.2) is 0 Å². The van der Waals surface area contributed by atoms with Gasteiger partial charge in [0.05, 0.1) is 0 Å². The number of ether oxygens (including phenoxy) is 1. The number of hydrogen-bond donors (Lipinski definition) is 1. The molecule has 0 aromatic rings. The Bertz CT molecular complexity index is 679. The summed E-state index contributed by atoms with van der Waals surface area (Å²) in [5.41, 5.74) is 0. The summed E-state index contributed by atoms with van der Waals surface area (Å²) < 4.78 is 5.84. The summed E-state index contributed by atoms with van der Waals surface area (Å²) in [6.07, 6.45) is 43.1. The van der Waals surface area contributed by atoms with E-state index in [1.165, 1.54) is 103 Å². The molecule has 0 amide bonds. The summed E-state index contributed by atoms with van der Waals surface area (Å²) in [6, 6.07) is 0. The number of carbonyl (C=O) groups is 2. The lowest BCUT2D eigenvalue weighted by molar-refractivity contribution is -0.147. The van der Waals surface area contributed by atoms with Crippen molar-refractivity contribution >= 4 is 11.9 Å². The summed E-state index contributed by atoms with van der Waals surface area (Å²) in [7, 11) is 0. The van der Waals surface area contributed by atoms with E-state index in [0.717, 1.165) is 57.8 Å². The number of unbranched alkanes of at least 4 members (excludes halogenated alkanes) is 19. The summed E-state index contributed by atoms with van der Waals surface area (Å²) in [6.45, 7) is 4.49. The molecule has 0 aromatic carbocycles. The topological polar surface area (TPSA) is 63.6 Å². The number of esters is 1. The predicted octanol–water partition coefficient (Wildman–Crippen LogP) is 12.2. The minimum atomic E-state index is -0.723. The second kappa shape index (κ2) is 33.7. The van der Waals surface area contributed by atoms with Crippen LogP contribution >= 0.6 is 0 Å². The van der Waals surface area contributed by atoms with Gasteiger partial charge in [0.25, 0.3) is 0 Å². The highest BCUT2D eigenvalue weighted by Crippen LogP contribution is 2.15. The number of rotatable bonds is 32. The van der Waals surface area contributed by atoms with E-state index in [0.29, 0.717) is 6.42 Å². The molecule has 0 fully saturated rings. The van der Waals surface area contributed by atoms with Gasteiger partial charge in [0.15, 0.2) is 0 Å². The highest BCUT2D eigenvalue weighted by molar-refractivity contribution is 5.69. The molecule has 0 aromatic heterocycles. The van der Waals surface area contributed by atoms with E-state index in [9.17, 15) is 9.59 Å². The molecule has 0 aliphatic carbocycles. The summed E-state index contributed by atoms with van der Waals surface area (Å²) in [5, 5.41) is 8.80. The van der Waals surface area contributed by atoms with Crippen molar-refractivity contribution in [3.63, 3.8) is 0 Å². The second-order valence-corrected chi connectivity index (χ2v) is 12.0. The summed E-state index contributed by atoms with van der Waals surface area (Å²) >= 11 is 0. The Kier molecular flexibility index (Phi) is 32.2. The number of carbonyl (C=O) groups excluding carboxylic acids is 1. The van der Waals surface area contributed by atoms with E-state index in [4.69, 9.17) is 9.84 Å². The lowest BCUT2D eigenvalue weighted by Gasteiger charge is -2.15. The Labute approximate surface area is 260 Å². The van der Waals surface area contributed by atoms with E-state index >= 15 is 0 Å². The lowest BCUT2D eigenvalue weighted by atomic mass is 10.1. The molecule has 0 spiro atoms. The zero-order chi connectivity index (χ0) is 30.8. The first-order valence-corrected chi connectivity index (χ1v) is 18.0. The SMILES string of the molecule is CCCCCC/C=C\C/C=C\CCCCCCCCCC(=O)OC(/C=C\CCCCCCC)CCCCCCC(=O)O. The monoisotopic (exact) mass is 589 g/mol. The fourth-order valence-corrected chi connectivity index (χ4v) is 5.12. The van der Waals surface area contributed by atoms with Gasteiger partial charge >= 0.3 is 11.9 Å². The third-order valence-corrected chi connectivity index (χ3v) is 7.82. The fourth-order valence-electron chi connectivity index (χ4n) is 5.12. The number of carboxylic acid groups (broad SMARTS) is 1. The molecule has 0 aliphatic rings. The fraction of sp³-hybridized carbons (Fsp3) is 0.789. The van der Waals surface area contributed by atoms with Crippen LogP contribution in [0.1, 0.15) is 187 Å². The van der Waals surface area contributed by atoms with Gasteiger partial charge in [-0.05, 0) is 76.7 Å². The van der Waals surface area contributed by atoms with Crippen LogP contribution in [-0.4, -0.2) is 23.1 Å². The first kappa shape index (κ1) is 40.2. The van der Waals surface area contributed by atoms with Crippen LogP contribution in [0, 0.1) is 0 Å². The van der Waals surface area contributed by atoms with Crippen molar-refractivity contribution in [1.29, 1.82) is 0 Å². The largest absolute Gasteiger partial charge is 0.481 e. The predicted molar refractivity (Wildman–Crippen MR) is 181 cm³/mol. The average molecular weight is 589 g/mol. The highest BCUT2D eigenvalue weighted by Gasteiger charge is 2.11. The molecule has 1 atom stereocenters. The third-order valence-electron chi connectivity index (χ3n) is 7.82. The van der Waals surface area contributed by atoms with Crippen LogP contribution in [0.3, 0.4) is 0 Å². The maximum absolute atomic E-state index is 12.5. The Morgan fingerprint density at radius 2 is 1.00 bits per heavy atom. The second-order valence-electron chi connectivity index (χ2n) is 12.0. The van der Waals surface area contributed by atoms with Gasteiger partial charge < -0.3 is 9.84 Å². The molecule has 0 aliphatic heterocycles. The molecular weight excluding hydrogens is 520 g/mol. The molecule has 0 bridgehead atoms. The molecule has 4 nitrogen and oxygen atoms in total. The lowest BCUT2D eigenvalue weighted by Crippen LogP contribution is -2.16. The van der Waals surface area contributed by atoms with Crippen molar-refractivity contribution in [2.24, 2.45) is 0 Å². The Balaban J connectivity index is 3.94. The standard InChI is InChI=1S/C38H68O4/c1-3-5-7-9-11-12-13-14-15-16-17-18-19-20-21-23-25-31-35-38(41)42-36(32-28-24-22-10-8-6-4-2)33-29-26-27-30-34-37(39)40/h12-13,15-16,28,32,36H,3-11,14,17-27,29-31,33-35H2,1-2H3,(H,39,40)/b13-12-,16-15-,32-28-. The van der Waals surface area contributed by atoms with Crippen molar-refractivity contribution < 1.29 is 19.4 Å². The maximum Gasteiger partial charge on any atom is 0.306 e.